The maximum atomic E-state index is 13.6. The van der Waals surface area contributed by atoms with E-state index in [0.717, 1.165) is 29.0 Å². The van der Waals surface area contributed by atoms with Gasteiger partial charge in [-0.2, -0.15) is 0 Å². The van der Waals surface area contributed by atoms with Crippen LogP contribution >= 0.6 is 0 Å². The topological polar surface area (TPSA) is 57.2 Å². The lowest BCUT2D eigenvalue weighted by Gasteiger charge is -2.27. The van der Waals surface area contributed by atoms with E-state index in [1.165, 1.54) is 0 Å². The minimum Gasteiger partial charge on any atom is -0.497 e. The molecule has 1 saturated heterocycles. The molecule has 2 aromatic carbocycles. The number of fused-ring (bicyclic) bond motifs is 1. The molecule has 2 aliphatic heterocycles. The average Bonchev–Trinajstić information content (AvgIpc) is 3.33. The second-order valence-electron chi connectivity index (χ2n) is 7.75. The van der Waals surface area contributed by atoms with Crippen LogP contribution in [0.25, 0.3) is 0 Å². The number of amides is 1. The molecule has 0 N–H and O–H groups in total. The van der Waals surface area contributed by atoms with E-state index < -0.39 is 0 Å². The van der Waals surface area contributed by atoms with Gasteiger partial charge in [0.25, 0.3) is 0 Å². The van der Waals surface area contributed by atoms with Gasteiger partial charge >= 0.3 is 0 Å². The van der Waals surface area contributed by atoms with Gasteiger partial charge in [-0.05, 0) is 54.7 Å². The molecule has 0 bridgehead atoms. The Hall–Kier alpha value is -2.73. The third-order valence-electron chi connectivity index (χ3n) is 6.01. The molecule has 0 saturated carbocycles. The molecule has 0 spiro atoms. The Kier molecular flexibility index (Phi) is 6.13. The summed E-state index contributed by atoms with van der Waals surface area (Å²) in [4.78, 5) is 15.6. The highest BCUT2D eigenvalue weighted by Gasteiger charge is 2.46. The summed E-state index contributed by atoms with van der Waals surface area (Å²) in [6.45, 7) is 6.38. The second kappa shape index (κ2) is 8.96. The van der Waals surface area contributed by atoms with E-state index in [4.69, 9.17) is 18.9 Å². The van der Waals surface area contributed by atoms with Crippen LogP contribution in [0.2, 0.25) is 0 Å². The predicted octanol–water partition coefficient (Wildman–Crippen LogP) is 4.15. The fourth-order valence-corrected chi connectivity index (χ4v) is 4.57. The van der Waals surface area contributed by atoms with Crippen LogP contribution in [0.1, 0.15) is 43.4 Å². The fourth-order valence-electron chi connectivity index (χ4n) is 4.57. The molecule has 160 valence electrons. The van der Waals surface area contributed by atoms with Crippen LogP contribution in [-0.4, -0.2) is 44.5 Å². The minimum absolute atomic E-state index is 0.000422. The molecule has 4 rings (SSSR count). The molecule has 0 aromatic heterocycles. The summed E-state index contributed by atoms with van der Waals surface area (Å²) in [5.41, 5.74) is 2.10. The molecule has 2 aromatic rings. The number of benzene rings is 2. The van der Waals surface area contributed by atoms with Crippen LogP contribution in [0.4, 0.5) is 0 Å². The second-order valence-corrected chi connectivity index (χ2v) is 7.75. The molecule has 3 unspecified atom stereocenters. The fraction of sp³-hybridized carbons (Fsp3) is 0.458. The molecule has 0 radical (unpaired) electrons. The summed E-state index contributed by atoms with van der Waals surface area (Å²) < 4.78 is 21.8. The predicted molar refractivity (Wildman–Crippen MR) is 113 cm³/mol. The van der Waals surface area contributed by atoms with Gasteiger partial charge in [0.2, 0.25) is 12.7 Å². The van der Waals surface area contributed by atoms with Crippen molar-refractivity contribution in [2.45, 2.75) is 32.2 Å². The van der Waals surface area contributed by atoms with Crippen LogP contribution in [0.3, 0.4) is 0 Å². The van der Waals surface area contributed by atoms with Gasteiger partial charge in [-0.15, -0.1) is 0 Å². The first-order valence-electron chi connectivity index (χ1n) is 10.6. The number of carbonyl (C=O) groups excluding carboxylic acids is 1. The van der Waals surface area contributed by atoms with E-state index in [2.05, 4.69) is 19.1 Å². The molecule has 2 heterocycles. The van der Waals surface area contributed by atoms with Crippen molar-refractivity contribution in [3.8, 4) is 17.2 Å². The van der Waals surface area contributed by atoms with Crippen molar-refractivity contribution < 1.29 is 23.7 Å². The van der Waals surface area contributed by atoms with Crippen molar-refractivity contribution >= 4 is 5.91 Å². The van der Waals surface area contributed by atoms with E-state index in [9.17, 15) is 4.79 Å². The largest absolute Gasteiger partial charge is 0.497 e. The first kappa shape index (κ1) is 20.5. The highest BCUT2D eigenvalue weighted by Crippen LogP contribution is 2.48. The molecule has 6 nitrogen and oxygen atoms in total. The van der Waals surface area contributed by atoms with Crippen molar-refractivity contribution in [3.05, 3.63) is 53.6 Å². The first-order valence-corrected chi connectivity index (χ1v) is 10.6. The first-order chi connectivity index (χ1) is 14.6. The SMILES string of the molecule is CCOCCCN1C(=O)C(c2ccc3c(c2)OCO3)C(C)C1c1ccc(OC)cc1. The van der Waals surface area contributed by atoms with Gasteiger partial charge in [0, 0.05) is 19.8 Å². The Balaban J connectivity index is 1.64. The number of carbonyl (C=O) groups is 1. The van der Waals surface area contributed by atoms with Gasteiger partial charge in [-0.3, -0.25) is 4.79 Å². The third kappa shape index (κ3) is 3.84. The number of rotatable bonds is 8. The Morgan fingerprint density at radius 3 is 2.53 bits per heavy atom. The smallest absolute Gasteiger partial charge is 0.231 e. The van der Waals surface area contributed by atoms with E-state index in [-0.39, 0.29) is 30.6 Å². The Morgan fingerprint density at radius 2 is 1.80 bits per heavy atom. The van der Waals surface area contributed by atoms with E-state index in [1.807, 2.05) is 42.2 Å². The van der Waals surface area contributed by atoms with Crippen LogP contribution in [0, 0.1) is 5.92 Å². The third-order valence-corrected chi connectivity index (χ3v) is 6.01. The van der Waals surface area contributed by atoms with Crippen molar-refractivity contribution in [1.29, 1.82) is 0 Å². The van der Waals surface area contributed by atoms with E-state index in [0.29, 0.717) is 25.5 Å². The molecule has 6 heteroatoms. The van der Waals surface area contributed by atoms with Crippen LogP contribution < -0.4 is 14.2 Å². The summed E-state index contributed by atoms with van der Waals surface area (Å²) in [6.07, 6.45) is 0.812. The molecular formula is C24H29NO5. The summed E-state index contributed by atoms with van der Waals surface area (Å²) >= 11 is 0. The lowest BCUT2D eigenvalue weighted by Crippen LogP contribution is -2.31. The van der Waals surface area contributed by atoms with Crippen molar-refractivity contribution in [2.75, 3.05) is 33.7 Å². The number of methoxy groups -OCH3 is 1. The standard InChI is InChI=1S/C24H29NO5/c1-4-28-13-5-12-25-23(17-6-9-19(27-3)10-7-17)16(2)22(24(25)26)18-8-11-20-21(14-18)30-15-29-20/h6-11,14,16,22-23H,4-5,12-13,15H2,1-3H3. The Bertz CT molecular complexity index is 882. The highest BCUT2D eigenvalue weighted by atomic mass is 16.7. The molecular weight excluding hydrogens is 382 g/mol. The maximum absolute atomic E-state index is 13.6. The van der Waals surface area contributed by atoms with Gasteiger partial charge in [0.1, 0.15) is 5.75 Å². The molecule has 1 amide bonds. The molecule has 3 atom stereocenters. The number of nitrogens with zero attached hydrogens (tertiary/aromatic N) is 1. The lowest BCUT2D eigenvalue weighted by atomic mass is 9.84. The van der Waals surface area contributed by atoms with Gasteiger partial charge in [0.05, 0.1) is 19.1 Å². The number of hydrogen-bond donors (Lipinski definition) is 0. The summed E-state index contributed by atoms with van der Waals surface area (Å²) in [6, 6.07) is 13.9. The van der Waals surface area contributed by atoms with Gasteiger partial charge < -0.3 is 23.8 Å². The van der Waals surface area contributed by atoms with Gasteiger partial charge in [-0.1, -0.05) is 25.1 Å². The van der Waals surface area contributed by atoms with Crippen molar-refractivity contribution in [1.82, 2.24) is 4.90 Å². The summed E-state index contributed by atoms with van der Waals surface area (Å²) in [7, 11) is 1.66. The van der Waals surface area contributed by atoms with Crippen LogP contribution in [-0.2, 0) is 9.53 Å². The number of hydrogen-bond acceptors (Lipinski definition) is 5. The number of likely N-dealkylation sites (tertiary alicyclic amines) is 1. The van der Waals surface area contributed by atoms with Crippen molar-refractivity contribution in [2.24, 2.45) is 5.92 Å². The molecule has 30 heavy (non-hydrogen) atoms. The zero-order valence-corrected chi connectivity index (χ0v) is 17.8. The quantitative estimate of drug-likeness (QED) is 0.611. The van der Waals surface area contributed by atoms with Crippen LogP contribution in [0.15, 0.2) is 42.5 Å². The minimum atomic E-state index is -0.223. The Morgan fingerprint density at radius 1 is 1.07 bits per heavy atom. The molecule has 0 aliphatic carbocycles. The summed E-state index contributed by atoms with van der Waals surface area (Å²) in [5, 5.41) is 0. The molecule has 1 fully saturated rings. The average molecular weight is 411 g/mol. The van der Waals surface area contributed by atoms with E-state index >= 15 is 0 Å². The maximum Gasteiger partial charge on any atom is 0.231 e. The Labute approximate surface area is 177 Å². The zero-order valence-electron chi connectivity index (χ0n) is 17.8. The monoisotopic (exact) mass is 411 g/mol. The zero-order chi connectivity index (χ0) is 21.1. The lowest BCUT2D eigenvalue weighted by molar-refractivity contribution is -0.130. The van der Waals surface area contributed by atoms with Gasteiger partial charge in [0.15, 0.2) is 11.5 Å². The highest BCUT2D eigenvalue weighted by molar-refractivity contribution is 5.87. The normalized spacial score (nSPS) is 22.6. The molecule has 2 aliphatic rings. The van der Waals surface area contributed by atoms with Gasteiger partial charge in [-0.25, -0.2) is 0 Å². The number of ether oxygens (including phenoxy) is 4. The van der Waals surface area contributed by atoms with Crippen molar-refractivity contribution in [3.63, 3.8) is 0 Å². The van der Waals surface area contributed by atoms with Crippen LogP contribution in [0.5, 0.6) is 17.2 Å². The van der Waals surface area contributed by atoms with E-state index in [1.54, 1.807) is 7.11 Å². The summed E-state index contributed by atoms with van der Waals surface area (Å²) in [5.74, 6) is 2.29.